The van der Waals surface area contributed by atoms with E-state index in [2.05, 4.69) is 4.98 Å². The maximum absolute atomic E-state index is 13.3. The Bertz CT molecular complexity index is 981. The van der Waals surface area contributed by atoms with Gasteiger partial charge in [0.15, 0.2) is 0 Å². The van der Waals surface area contributed by atoms with E-state index in [-0.39, 0.29) is 30.8 Å². The summed E-state index contributed by atoms with van der Waals surface area (Å²) in [5.41, 5.74) is 2.62. The summed E-state index contributed by atoms with van der Waals surface area (Å²) in [6, 6.07) is 16.4. The van der Waals surface area contributed by atoms with Crippen molar-refractivity contribution in [3.8, 4) is 11.1 Å². The number of aliphatic hydroxyl groups excluding tert-OH is 1. The number of aromatic nitrogens is 1. The van der Waals surface area contributed by atoms with Crippen LogP contribution in [0.3, 0.4) is 0 Å². The highest BCUT2D eigenvalue weighted by Crippen LogP contribution is 2.30. The first-order valence-electron chi connectivity index (χ1n) is 8.55. The van der Waals surface area contributed by atoms with Crippen LogP contribution < -0.4 is 0 Å². The Morgan fingerprint density at radius 3 is 2.43 bits per heavy atom. The molecular formula is C21H17Cl3N2O2. The number of nitrogens with zero attached hydrogens (tertiary/aromatic N) is 2. The number of carbonyl (C=O) groups is 1. The second-order valence-corrected chi connectivity index (χ2v) is 7.26. The summed E-state index contributed by atoms with van der Waals surface area (Å²) >= 11 is 18.4. The minimum absolute atomic E-state index is 0.114. The number of aliphatic hydroxyl groups is 1. The minimum Gasteiger partial charge on any atom is -0.395 e. The summed E-state index contributed by atoms with van der Waals surface area (Å²) in [5, 5.41) is 10.4. The van der Waals surface area contributed by atoms with Crippen molar-refractivity contribution in [2.24, 2.45) is 0 Å². The monoisotopic (exact) mass is 434 g/mol. The van der Waals surface area contributed by atoms with Gasteiger partial charge in [-0.2, -0.15) is 0 Å². The third kappa shape index (κ3) is 4.65. The summed E-state index contributed by atoms with van der Waals surface area (Å²) in [4.78, 5) is 18.9. The van der Waals surface area contributed by atoms with Gasteiger partial charge in [0.25, 0.3) is 5.91 Å². The topological polar surface area (TPSA) is 53.4 Å². The van der Waals surface area contributed by atoms with Crippen LogP contribution in [-0.4, -0.2) is 34.0 Å². The van der Waals surface area contributed by atoms with Gasteiger partial charge in [-0.3, -0.25) is 4.79 Å². The molecule has 1 heterocycles. The van der Waals surface area contributed by atoms with E-state index in [9.17, 15) is 9.90 Å². The highest BCUT2D eigenvalue weighted by atomic mass is 35.5. The number of amides is 1. The van der Waals surface area contributed by atoms with E-state index >= 15 is 0 Å². The van der Waals surface area contributed by atoms with Crippen LogP contribution in [0.15, 0.2) is 60.8 Å². The van der Waals surface area contributed by atoms with Gasteiger partial charge < -0.3 is 10.0 Å². The molecule has 0 unspecified atom stereocenters. The summed E-state index contributed by atoms with van der Waals surface area (Å²) in [6.45, 7) is 0.194. The molecule has 1 N–H and O–H groups in total. The van der Waals surface area contributed by atoms with Gasteiger partial charge in [-0.05, 0) is 34.9 Å². The number of rotatable bonds is 6. The van der Waals surface area contributed by atoms with Crippen molar-refractivity contribution < 1.29 is 9.90 Å². The summed E-state index contributed by atoms with van der Waals surface area (Å²) in [7, 11) is 0. The predicted octanol–water partition coefficient (Wildman–Crippen LogP) is 5.34. The van der Waals surface area contributed by atoms with Crippen molar-refractivity contribution in [1.29, 1.82) is 0 Å². The standard InChI is InChI=1S/C21H17Cl3N2O2/c22-17-7-6-14(12-18(17)23)13-26(10-11-27)21(28)19-16(8-9-25-20(19)24)15-4-2-1-3-5-15/h1-9,12,27H,10-11,13H2. The average molecular weight is 436 g/mol. The van der Waals surface area contributed by atoms with Crippen LogP contribution in [0.5, 0.6) is 0 Å². The summed E-state index contributed by atoms with van der Waals surface area (Å²) < 4.78 is 0. The van der Waals surface area contributed by atoms with Crippen molar-refractivity contribution in [3.05, 3.63) is 87.1 Å². The molecule has 0 saturated carbocycles. The number of benzene rings is 2. The van der Waals surface area contributed by atoms with Crippen LogP contribution in [0, 0.1) is 0 Å². The van der Waals surface area contributed by atoms with Crippen molar-refractivity contribution in [2.45, 2.75) is 6.54 Å². The molecule has 0 bridgehead atoms. The van der Waals surface area contributed by atoms with Gasteiger partial charge >= 0.3 is 0 Å². The number of hydrogen-bond donors (Lipinski definition) is 1. The lowest BCUT2D eigenvalue weighted by Crippen LogP contribution is -2.33. The zero-order valence-electron chi connectivity index (χ0n) is 14.8. The molecule has 1 amide bonds. The highest BCUT2D eigenvalue weighted by Gasteiger charge is 2.23. The Kier molecular flexibility index (Phi) is 6.92. The molecule has 28 heavy (non-hydrogen) atoms. The maximum Gasteiger partial charge on any atom is 0.258 e. The van der Waals surface area contributed by atoms with Crippen LogP contribution in [0.25, 0.3) is 11.1 Å². The van der Waals surface area contributed by atoms with Crippen molar-refractivity contribution in [2.75, 3.05) is 13.2 Å². The first-order chi connectivity index (χ1) is 13.5. The molecule has 3 aromatic rings. The molecule has 0 saturated heterocycles. The van der Waals surface area contributed by atoms with E-state index in [1.165, 1.54) is 4.90 Å². The molecular weight excluding hydrogens is 419 g/mol. The van der Waals surface area contributed by atoms with Crippen molar-refractivity contribution >= 4 is 40.7 Å². The lowest BCUT2D eigenvalue weighted by molar-refractivity contribution is 0.0708. The zero-order chi connectivity index (χ0) is 20.1. The van der Waals surface area contributed by atoms with Crippen LogP contribution in [0.2, 0.25) is 15.2 Å². The van der Waals surface area contributed by atoms with E-state index in [1.807, 2.05) is 30.3 Å². The first-order valence-corrected chi connectivity index (χ1v) is 9.68. The quantitative estimate of drug-likeness (QED) is 0.531. The normalized spacial score (nSPS) is 10.7. The van der Waals surface area contributed by atoms with Gasteiger partial charge in [-0.15, -0.1) is 0 Å². The van der Waals surface area contributed by atoms with Gasteiger partial charge in [-0.1, -0.05) is 71.2 Å². The molecule has 0 atom stereocenters. The van der Waals surface area contributed by atoms with Gasteiger partial charge in [0.05, 0.1) is 22.2 Å². The summed E-state index contributed by atoms with van der Waals surface area (Å²) in [6.07, 6.45) is 1.57. The molecule has 0 aliphatic carbocycles. The third-order valence-corrected chi connectivity index (χ3v) is 5.24. The van der Waals surface area contributed by atoms with Gasteiger partial charge in [-0.25, -0.2) is 4.98 Å². The van der Waals surface area contributed by atoms with E-state index in [1.54, 1.807) is 30.5 Å². The van der Waals surface area contributed by atoms with Crippen LogP contribution >= 0.6 is 34.8 Å². The van der Waals surface area contributed by atoms with Crippen LogP contribution in [0.4, 0.5) is 0 Å². The smallest absolute Gasteiger partial charge is 0.258 e. The molecule has 7 heteroatoms. The number of carbonyl (C=O) groups excluding carboxylic acids is 1. The molecule has 144 valence electrons. The molecule has 2 aromatic carbocycles. The molecule has 0 aliphatic rings. The van der Waals surface area contributed by atoms with Gasteiger partial charge in [0, 0.05) is 19.3 Å². The Hall–Kier alpha value is -2.11. The Balaban J connectivity index is 1.99. The van der Waals surface area contributed by atoms with Crippen molar-refractivity contribution in [3.63, 3.8) is 0 Å². The number of pyridine rings is 1. The molecule has 3 rings (SSSR count). The highest BCUT2D eigenvalue weighted by molar-refractivity contribution is 6.42. The Labute approximate surface area is 178 Å². The minimum atomic E-state index is -0.322. The van der Waals surface area contributed by atoms with E-state index < -0.39 is 0 Å². The van der Waals surface area contributed by atoms with Gasteiger partial charge in [0.1, 0.15) is 5.15 Å². The fourth-order valence-electron chi connectivity index (χ4n) is 2.89. The average Bonchev–Trinajstić information content (AvgIpc) is 2.70. The van der Waals surface area contributed by atoms with E-state index in [0.717, 1.165) is 11.1 Å². The Morgan fingerprint density at radius 2 is 1.75 bits per heavy atom. The lowest BCUT2D eigenvalue weighted by atomic mass is 10.0. The lowest BCUT2D eigenvalue weighted by Gasteiger charge is -2.24. The first kappa shape index (κ1) is 20.6. The molecule has 0 radical (unpaired) electrons. The van der Waals surface area contributed by atoms with Crippen LogP contribution in [-0.2, 0) is 6.54 Å². The maximum atomic E-state index is 13.3. The van der Waals surface area contributed by atoms with Gasteiger partial charge in [0.2, 0.25) is 0 Å². The predicted molar refractivity (Wildman–Crippen MR) is 113 cm³/mol. The SMILES string of the molecule is O=C(c1c(-c2ccccc2)ccnc1Cl)N(CCO)Cc1ccc(Cl)c(Cl)c1. The number of hydrogen-bond acceptors (Lipinski definition) is 3. The fraction of sp³-hybridized carbons (Fsp3) is 0.143. The fourth-order valence-corrected chi connectivity index (χ4v) is 3.45. The molecule has 0 fully saturated rings. The molecule has 0 aliphatic heterocycles. The molecule has 0 spiro atoms. The second kappa shape index (κ2) is 9.39. The Morgan fingerprint density at radius 1 is 1.00 bits per heavy atom. The van der Waals surface area contributed by atoms with Crippen LogP contribution in [0.1, 0.15) is 15.9 Å². The van der Waals surface area contributed by atoms with Crippen molar-refractivity contribution in [1.82, 2.24) is 9.88 Å². The van der Waals surface area contributed by atoms with E-state index in [4.69, 9.17) is 34.8 Å². The zero-order valence-corrected chi connectivity index (χ0v) is 17.0. The largest absolute Gasteiger partial charge is 0.395 e. The molecule has 4 nitrogen and oxygen atoms in total. The second-order valence-electron chi connectivity index (χ2n) is 6.09. The van der Waals surface area contributed by atoms with E-state index in [0.29, 0.717) is 21.2 Å². The number of halogens is 3. The third-order valence-electron chi connectivity index (χ3n) is 4.22. The molecule has 1 aromatic heterocycles. The summed E-state index contributed by atoms with van der Waals surface area (Å²) in [5.74, 6) is -0.322.